The molecule has 0 radical (unpaired) electrons. The fourth-order valence-electron chi connectivity index (χ4n) is 4.26. The van der Waals surface area contributed by atoms with Crippen LogP contribution in [-0.2, 0) is 11.4 Å². The summed E-state index contributed by atoms with van der Waals surface area (Å²) in [7, 11) is 0. The first-order chi connectivity index (χ1) is 14.9. The zero-order valence-electron chi connectivity index (χ0n) is 17.6. The highest BCUT2D eigenvalue weighted by molar-refractivity contribution is 6.09. The van der Waals surface area contributed by atoms with Gasteiger partial charge in [-0.25, -0.2) is 0 Å². The monoisotopic (exact) mass is 423 g/mol. The van der Waals surface area contributed by atoms with Crippen molar-refractivity contribution < 1.29 is 23.8 Å². The molecular weight excluding hydrogens is 398 g/mol. The minimum absolute atomic E-state index is 0.107. The average molecular weight is 423 g/mol. The van der Waals surface area contributed by atoms with E-state index in [0.717, 1.165) is 11.3 Å². The second-order valence-corrected chi connectivity index (χ2v) is 7.67. The summed E-state index contributed by atoms with van der Waals surface area (Å²) < 4.78 is 11.9. The number of furan rings is 1. The van der Waals surface area contributed by atoms with Crippen LogP contribution in [0.25, 0.3) is 11.0 Å². The van der Waals surface area contributed by atoms with Crippen molar-refractivity contribution in [3.05, 3.63) is 58.6 Å². The lowest BCUT2D eigenvalue weighted by atomic mass is 9.91. The lowest BCUT2D eigenvalue weighted by Gasteiger charge is -2.19. The van der Waals surface area contributed by atoms with Gasteiger partial charge in [0.25, 0.3) is 5.91 Å². The number of nitrogens with two attached hydrogens (primary N) is 1. The molecule has 8 heteroatoms. The predicted octanol–water partition coefficient (Wildman–Crippen LogP) is 2.43. The molecule has 3 aromatic rings. The third-order valence-electron chi connectivity index (χ3n) is 5.79. The minimum Gasteiger partial charge on any atom is -0.489 e. The van der Waals surface area contributed by atoms with Crippen LogP contribution in [0.15, 0.2) is 34.9 Å². The lowest BCUT2D eigenvalue weighted by molar-refractivity contribution is -0.129. The molecule has 162 valence electrons. The van der Waals surface area contributed by atoms with Gasteiger partial charge in [-0.1, -0.05) is 6.07 Å². The number of aryl methyl sites for hydroxylation is 2. The number of likely N-dealkylation sites (tertiary alicyclic amines) is 1. The van der Waals surface area contributed by atoms with E-state index >= 15 is 0 Å². The summed E-state index contributed by atoms with van der Waals surface area (Å²) in [6.45, 7) is 4.53. The maximum Gasteiger partial charge on any atom is 0.252 e. The van der Waals surface area contributed by atoms with Crippen molar-refractivity contribution in [2.75, 3.05) is 19.7 Å². The predicted molar refractivity (Wildman–Crippen MR) is 114 cm³/mol. The molecule has 0 saturated carbocycles. The number of rotatable bonds is 7. The summed E-state index contributed by atoms with van der Waals surface area (Å²) in [6.07, 6.45) is 2.26. The van der Waals surface area contributed by atoms with Gasteiger partial charge in [-0.3, -0.25) is 14.6 Å². The molecule has 2 aromatic heterocycles. The number of ether oxygens (including phenoxy) is 1. The number of pyridine rings is 1. The van der Waals surface area contributed by atoms with E-state index in [-0.39, 0.29) is 31.2 Å². The number of aliphatic hydroxyl groups excluding tert-OH is 1. The van der Waals surface area contributed by atoms with Gasteiger partial charge >= 0.3 is 0 Å². The number of hydrogen-bond acceptors (Lipinski definition) is 6. The number of nitrogens with zero attached hydrogens (tertiary/aromatic N) is 2. The Balaban J connectivity index is 1.83. The molecule has 0 bridgehead atoms. The molecule has 0 aliphatic carbocycles. The smallest absolute Gasteiger partial charge is 0.252 e. The Morgan fingerprint density at radius 3 is 2.87 bits per heavy atom. The Labute approximate surface area is 179 Å². The van der Waals surface area contributed by atoms with Crippen LogP contribution in [0.1, 0.15) is 45.3 Å². The van der Waals surface area contributed by atoms with Gasteiger partial charge in [0.05, 0.1) is 18.1 Å². The molecule has 1 saturated heterocycles. The van der Waals surface area contributed by atoms with E-state index in [1.165, 1.54) is 0 Å². The Bertz CT molecular complexity index is 1150. The number of β-amino-alcohol motifs (C(OH)–C–C–N with tert-alkyl or cyclic N) is 1. The summed E-state index contributed by atoms with van der Waals surface area (Å²) >= 11 is 0. The molecular formula is C23H25N3O5. The first-order valence-electron chi connectivity index (χ1n) is 10.2. The second kappa shape index (κ2) is 8.39. The van der Waals surface area contributed by atoms with Gasteiger partial charge in [-0.2, -0.15) is 0 Å². The largest absolute Gasteiger partial charge is 0.489 e. The van der Waals surface area contributed by atoms with Gasteiger partial charge < -0.3 is 24.9 Å². The van der Waals surface area contributed by atoms with Crippen LogP contribution in [0.2, 0.25) is 0 Å². The Hall–Kier alpha value is -3.39. The van der Waals surface area contributed by atoms with Crippen LogP contribution in [0.4, 0.5) is 0 Å². The number of primary amides is 1. The van der Waals surface area contributed by atoms with Crippen molar-refractivity contribution in [2.45, 2.75) is 32.8 Å². The van der Waals surface area contributed by atoms with E-state index in [9.17, 15) is 14.7 Å². The first kappa shape index (κ1) is 20.9. The molecule has 3 heterocycles. The van der Waals surface area contributed by atoms with E-state index in [2.05, 4.69) is 4.98 Å². The Kier molecular flexibility index (Phi) is 5.65. The molecule has 1 aliphatic rings. The van der Waals surface area contributed by atoms with Crippen LogP contribution in [0.3, 0.4) is 0 Å². The topological polar surface area (TPSA) is 119 Å². The molecule has 0 spiro atoms. The highest BCUT2D eigenvalue weighted by Gasteiger charge is 2.37. The fraction of sp³-hybridized carbons (Fsp3) is 0.348. The Morgan fingerprint density at radius 1 is 1.35 bits per heavy atom. The Morgan fingerprint density at radius 2 is 2.16 bits per heavy atom. The first-order valence-corrected chi connectivity index (χ1v) is 10.2. The SMILES string of the molecule is Cc1ncccc1COc1ccc2oc(C)c(C(N)=O)c2c1C1CCN(CCO)C1=O. The third kappa shape index (κ3) is 3.74. The second-order valence-electron chi connectivity index (χ2n) is 7.67. The number of benzene rings is 1. The van der Waals surface area contributed by atoms with E-state index in [1.807, 2.05) is 19.1 Å². The number of carbonyl (C=O) groups excluding carboxylic acids is 2. The fourth-order valence-corrected chi connectivity index (χ4v) is 4.26. The highest BCUT2D eigenvalue weighted by atomic mass is 16.5. The van der Waals surface area contributed by atoms with Gasteiger partial charge in [0.1, 0.15) is 23.7 Å². The van der Waals surface area contributed by atoms with Crippen LogP contribution in [0, 0.1) is 13.8 Å². The van der Waals surface area contributed by atoms with Gasteiger partial charge in [0, 0.05) is 41.5 Å². The normalized spacial score (nSPS) is 16.3. The molecule has 1 unspecified atom stereocenters. The van der Waals surface area contributed by atoms with Crippen LogP contribution >= 0.6 is 0 Å². The molecule has 3 N–H and O–H groups in total. The molecule has 1 fully saturated rings. The van der Waals surface area contributed by atoms with E-state index in [0.29, 0.717) is 41.0 Å². The molecule has 1 aromatic carbocycles. The number of amides is 2. The van der Waals surface area contributed by atoms with Crippen LogP contribution in [-0.4, -0.2) is 46.5 Å². The average Bonchev–Trinajstić information content (AvgIpc) is 3.26. The summed E-state index contributed by atoms with van der Waals surface area (Å²) in [6, 6.07) is 7.27. The van der Waals surface area contributed by atoms with E-state index in [4.69, 9.17) is 14.9 Å². The van der Waals surface area contributed by atoms with Gasteiger partial charge in [-0.15, -0.1) is 0 Å². The zero-order valence-corrected chi connectivity index (χ0v) is 17.6. The van der Waals surface area contributed by atoms with E-state index < -0.39 is 11.8 Å². The highest BCUT2D eigenvalue weighted by Crippen LogP contribution is 2.42. The van der Waals surface area contributed by atoms with Gasteiger partial charge in [-0.05, 0) is 38.5 Å². The molecule has 31 heavy (non-hydrogen) atoms. The summed E-state index contributed by atoms with van der Waals surface area (Å²) in [5.41, 5.74) is 8.80. The van der Waals surface area contributed by atoms with Gasteiger partial charge in [0.2, 0.25) is 5.91 Å². The quantitative estimate of drug-likeness (QED) is 0.602. The summed E-state index contributed by atoms with van der Waals surface area (Å²) in [5, 5.41) is 9.81. The van der Waals surface area contributed by atoms with Crippen molar-refractivity contribution in [1.82, 2.24) is 9.88 Å². The number of carbonyl (C=O) groups is 2. The van der Waals surface area contributed by atoms with Gasteiger partial charge in [0.15, 0.2) is 0 Å². The molecule has 1 atom stereocenters. The summed E-state index contributed by atoms with van der Waals surface area (Å²) in [4.78, 5) is 31.2. The number of aliphatic hydroxyl groups is 1. The molecule has 2 amide bonds. The zero-order chi connectivity index (χ0) is 22.1. The van der Waals surface area contributed by atoms with Crippen molar-refractivity contribution in [1.29, 1.82) is 0 Å². The van der Waals surface area contributed by atoms with Crippen LogP contribution in [0.5, 0.6) is 5.75 Å². The summed E-state index contributed by atoms with van der Waals surface area (Å²) in [5.74, 6) is -0.339. The molecule has 4 rings (SSSR count). The van der Waals surface area contributed by atoms with E-state index in [1.54, 1.807) is 30.2 Å². The number of aromatic nitrogens is 1. The standard InChI is InChI=1S/C23H25N3O5/c1-13-15(4-3-8-25-13)12-30-17-5-6-18-21(19(22(24)28)14(2)31-18)20(17)16-7-9-26(10-11-27)23(16)29/h3-6,8,16,27H,7,9-12H2,1-2H3,(H2,24,28). The lowest BCUT2D eigenvalue weighted by Crippen LogP contribution is -2.29. The van der Waals surface area contributed by atoms with Crippen molar-refractivity contribution in [2.24, 2.45) is 5.73 Å². The molecule has 8 nitrogen and oxygen atoms in total. The number of hydrogen-bond donors (Lipinski definition) is 2. The number of fused-ring (bicyclic) bond motifs is 1. The maximum atomic E-state index is 13.1. The third-order valence-corrected chi connectivity index (χ3v) is 5.79. The molecule has 1 aliphatic heterocycles. The van der Waals surface area contributed by atoms with Crippen molar-refractivity contribution in [3.63, 3.8) is 0 Å². The van der Waals surface area contributed by atoms with Crippen molar-refractivity contribution >= 4 is 22.8 Å². The minimum atomic E-state index is -0.615. The van der Waals surface area contributed by atoms with Crippen molar-refractivity contribution in [3.8, 4) is 5.75 Å². The van der Waals surface area contributed by atoms with Crippen LogP contribution < -0.4 is 10.5 Å². The maximum absolute atomic E-state index is 13.1.